The van der Waals surface area contributed by atoms with E-state index in [1.54, 1.807) is 0 Å². The fourth-order valence-electron chi connectivity index (χ4n) is 4.25. The molecule has 3 aromatic rings. The van der Waals surface area contributed by atoms with E-state index in [0.29, 0.717) is 17.7 Å². The maximum absolute atomic E-state index is 13.5. The summed E-state index contributed by atoms with van der Waals surface area (Å²) in [4.78, 5) is 1.91. The van der Waals surface area contributed by atoms with Crippen LogP contribution in [0.5, 0.6) is 0 Å². The van der Waals surface area contributed by atoms with Gasteiger partial charge in [0.1, 0.15) is 0 Å². The Morgan fingerprint density at radius 1 is 1.00 bits per heavy atom. The molecule has 0 radical (unpaired) electrons. The molecule has 1 fully saturated rings. The van der Waals surface area contributed by atoms with E-state index in [1.807, 2.05) is 43.3 Å². The highest BCUT2D eigenvalue weighted by Crippen LogP contribution is 2.37. The van der Waals surface area contributed by atoms with Crippen LogP contribution in [0, 0.1) is 6.92 Å². The Kier molecular flexibility index (Phi) is 6.51. The zero-order valence-corrected chi connectivity index (χ0v) is 18.3. The molecule has 0 bridgehead atoms. The van der Waals surface area contributed by atoms with Crippen LogP contribution in [0.15, 0.2) is 60.7 Å². The minimum atomic E-state index is -4.39. The molecule has 0 aliphatic carbocycles. The first-order valence-electron chi connectivity index (χ1n) is 10.5. The summed E-state index contributed by atoms with van der Waals surface area (Å²) in [6.07, 6.45) is -2.50. The van der Waals surface area contributed by atoms with Gasteiger partial charge in [0.15, 0.2) is 0 Å². The van der Waals surface area contributed by atoms with Crippen LogP contribution in [0.2, 0.25) is 0 Å². The number of aryl methyl sites for hydroxylation is 1. The lowest BCUT2D eigenvalue weighted by molar-refractivity contribution is -0.137. The summed E-state index contributed by atoms with van der Waals surface area (Å²) in [5.41, 5.74) is 1.63. The van der Waals surface area contributed by atoms with E-state index in [9.17, 15) is 13.2 Å². The molecule has 6 heteroatoms. The van der Waals surface area contributed by atoms with Gasteiger partial charge < -0.3 is 10.1 Å². The van der Waals surface area contributed by atoms with Crippen LogP contribution in [-0.4, -0.2) is 19.7 Å². The quantitative estimate of drug-likeness (QED) is 0.463. The van der Waals surface area contributed by atoms with Gasteiger partial charge in [-0.05, 0) is 79.9 Å². The smallest absolute Gasteiger partial charge is 0.376 e. The average molecular weight is 446 g/mol. The van der Waals surface area contributed by atoms with Gasteiger partial charge in [0, 0.05) is 15.2 Å². The third kappa shape index (κ3) is 5.20. The number of hydrogen-bond donors (Lipinski definition) is 1. The van der Waals surface area contributed by atoms with E-state index in [2.05, 4.69) is 17.4 Å². The van der Waals surface area contributed by atoms with Gasteiger partial charge in [0.05, 0.1) is 18.8 Å². The molecule has 0 atom stereocenters. The van der Waals surface area contributed by atoms with Crippen molar-refractivity contribution in [2.75, 3.05) is 19.7 Å². The SMILES string of the molecule is Cc1ccc(-c2cc(COCC3(c4ccccc4)CCNCC3)cc(C(F)(F)F)c2)s1. The first-order valence-corrected chi connectivity index (χ1v) is 11.3. The summed E-state index contributed by atoms with van der Waals surface area (Å²) >= 11 is 1.50. The van der Waals surface area contributed by atoms with Crippen molar-refractivity contribution in [3.8, 4) is 10.4 Å². The summed E-state index contributed by atoms with van der Waals surface area (Å²) in [7, 11) is 0. The minimum Gasteiger partial charge on any atom is -0.376 e. The maximum Gasteiger partial charge on any atom is 0.416 e. The van der Waals surface area contributed by atoms with E-state index >= 15 is 0 Å². The lowest BCUT2D eigenvalue weighted by Gasteiger charge is -2.38. The third-order valence-corrected chi connectivity index (χ3v) is 6.99. The molecule has 31 heavy (non-hydrogen) atoms. The number of hydrogen-bond acceptors (Lipinski definition) is 3. The van der Waals surface area contributed by atoms with Crippen LogP contribution in [0.4, 0.5) is 13.2 Å². The molecule has 2 aromatic carbocycles. The minimum absolute atomic E-state index is 0.109. The molecule has 1 saturated heterocycles. The summed E-state index contributed by atoms with van der Waals surface area (Å²) in [5.74, 6) is 0. The number of ether oxygens (including phenoxy) is 1. The second-order valence-electron chi connectivity index (χ2n) is 8.22. The molecule has 4 rings (SSSR count). The highest BCUT2D eigenvalue weighted by molar-refractivity contribution is 7.15. The maximum atomic E-state index is 13.5. The molecule has 2 heterocycles. The Balaban J connectivity index is 1.56. The number of piperidine rings is 1. The zero-order chi connectivity index (χ0) is 21.9. The van der Waals surface area contributed by atoms with Crippen molar-refractivity contribution in [3.05, 3.63) is 82.2 Å². The van der Waals surface area contributed by atoms with Crippen LogP contribution in [-0.2, 0) is 22.9 Å². The highest BCUT2D eigenvalue weighted by Gasteiger charge is 2.34. The molecule has 1 N–H and O–H groups in total. The number of halogens is 3. The second kappa shape index (κ2) is 9.15. The van der Waals surface area contributed by atoms with Crippen molar-refractivity contribution in [2.24, 2.45) is 0 Å². The number of nitrogens with one attached hydrogen (secondary N) is 1. The van der Waals surface area contributed by atoms with Crippen LogP contribution < -0.4 is 5.32 Å². The van der Waals surface area contributed by atoms with Crippen molar-refractivity contribution in [1.82, 2.24) is 5.32 Å². The van der Waals surface area contributed by atoms with Crippen molar-refractivity contribution < 1.29 is 17.9 Å². The molecule has 0 spiro atoms. The Labute approximate surface area is 185 Å². The van der Waals surface area contributed by atoms with E-state index in [-0.39, 0.29) is 12.0 Å². The van der Waals surface area contributed by atoms with E-state index in [1.165, 1.54) is 29.0 Å². The first kappa shape index (κ1) is 22.1. The number of benzene rings is 2. The van der Waals surface area contributed by atoms with Gasteiger partial charge in [-0.2, -0.15) is 13.2 Å². The Morgan fingerprint density at radius 3 is 2.39 bits per heavy atom. The van der Waals surface area contributed by atoms with Crippen molar-refractivity contribution in [2.45, 2.75) is 38.0 Å². The third-order valence-electron chi connectivity index (χ3n) is 5.94. The topological polar surface area (TPSA) is 21.3 Å². The molecular formula is C25H26F3NOS. The first-order chi connectivity index (χ1) is 14.9. The van der Waals surface area contributed by atoms with Gasteiger partial charge in [-0.1, -0.05) is 30.3 Å². The summed E-state index contributed by atoms with van der Waals surface area (Å²) in [6.45, 7) is 4.41. The predicted molar refractivity (Wildman–Crippen MR) is 119 cm³/mol. The largest absolute Gasteiger partial charge is 0.416 e. The monoisotopic (exact) mass is 445 g/mol. The molecular weight excluding hydrogens is 419 g/mol. The fraction of sp³-hybridized carbons (Fsp3) is 0.360. The van der Waals surface area contributed by atoms with Crippen molar-refractivity contribution in [3.63, 3.8) is 0 Å². The van der Waals surface area contributed by atoms with Gasteiger partial charge >= 0.3 is 6.18 Å². The number of thiophene rings is 1. The molecule has 0 amide bonds. The Bertz CT molecular complexity index is 1010. The molecule has 0 unspecified atom stereocenters. The predicted octanol–water partition coefficient (Wildman–Crippen LogP) is 6.58. The van der Waals surface area contributed by atoms with Gasteiger partial charge in [-0.25, -0.2) is 0 Å². The van der Waals surface area contributed by atoms with E-state index in [4.69, 9.17) is 4.74 Å². The lowest BCUT2D eigenvalue weighted by atomic mass is 9.74. The Morgan fingerprint density at radius 2 is 1.74 bits per heavy atom. The van der Waals surface area contributed by atoms with Gasteiger partial charge in [0.25, 0.3) is 0 Å². The molecule has 164 valence electrons. The lowest BCUT2D eigenvalue weighted by Crippen LogP contribution is -2.43. The van der Waals surface area contributed by atoms with Crippen LogP contribution in [0.25, 0.3) is 10.4 Å². The van der Waals surface area contributed by atoms with Gasteiger partial charge in [-0.15, -0.1) is 11.3 Å². The molecule has 2 nitrogen and oxygen atoms in total. The number of alkyl halides is 3. The van der Waals surface area contributed by atoms with Gasteiger partial charge in [-0.3, -0.25) is 0 Å². The van der Waals surface area contributed by atoms with E-state index in [0.717, 1.165) is 35.7 Å². The summed E-state index contributed by atoms with van der Waals surface area (Å²) in [6, 6.07) is 18.4. The van der Waals surface area contributed by atoms with Crippen molar-refractivity contribution >= 4 is 11.3 Å². The Hall–Kier alpha value is -2.15. The summed E-state index contributed by atoms with van der Waals surface area (Å²) in [5, 5.41) is 3.39. The highest BCUT2D eigenvalue weighted by atomic mass is 32.1. The normalized spacial score (nSPS) is 16.4. The van der Waals surface area contributed by atoms with Crippen LogP contribution >= 0.6 is 11.3 Å². The molecule has 1 aliphatic rings. The van der Waals surface area contributed by atoms with Gasteiger partial charge in [0.2, 0.25) is 0 Å². The summed E-state index contributed by atoms with van der Waals surface area (Å²) < 4.78 is 46.6. The van der Waals surface area contributed by atoms with Crippen LogP contribution in [0.3, 0.4) is 0 Å². The molecule has 0 saturated carbocycles. The van der Waals surface area contributed by atoms with Crippen molar-refractivity contribution in [1.29, 1.82) is 0 Å². The molecule has 1 aromatic heterocycles. The van der Waals surface area contributed by atoms with E-state index < -0.39 is 11.7 Å². The molecule has 1 aliphatic heterocycles. The fourth-order valence-corrected chi connectivity index (χ4v) is 5.10. The number of rotatable bonds is 6. The second-order valence-corrected chi connectivity index (χ2v) is 9.50. The zero-order valence-electron chi connectivity index (χ0n) is 17.5. The van der Waals surface area contributed by atoms with Crippen LogP contribution in [0.1, 0.15) is 34.4 Å². The average Bonchev–Trinajstić information content (AvgIpc) is 3.21. The standard InChI is InChI=1S/C25H26F3NOS/c1-18-7-8-23(31-18)20-13-19(14-22(15-20)25(26,27)28)16-30-17-24(9-11-29-12-10-24)21-5-3-2-4-6-21/h2-8,13-15,29H,9-12,16-17H2,1H3.